The van der Waals surface area contributed by atoms with Gasteiger partial charge in [-0.3, -0.25) is 4.98 Å². The summed E-state index contributed by atoms with van der Waals surface area (Å²) in [5, 5.41) is 10.7. The van der Waals surface area contributed by atoms with E-state index in [1.807, 2.05) is 13.0 Å². The average molecular weight is 370 g/mol. The van der Waals surface area contributed by atoms with Crippen LogP contribution in [0.3, 0.4) is 0 Å². The van der Waals surface area contributed by atoms with E-state index in [9.17, 15) is 9.90 Å². The Morgan fingerprint density at radius 1 is 1.00 bits per heavy atom. The molecule has 2 aromatic heterocycles. The number of carboxylic acids is 1. The Labute approximate surface area is 164 Å². The van der Waals surface area contributed by atoms with Gasteiger partial charge in [0.1, 0.15) is 0 Å². The van der Waals surface area contributed by atoms with Crippen molar-refractivity contribution in [3.8, 4) is 0 Å². The van der Waals surface area contributed by atoms with Gasteiger partial charge in [0.05, 0.1) is 11.3 Å². The number of aromatic nitrogens is 2. The molecule has 0 radical (unpaired) electrons. The maximum Gasteiger partial charge on any atom is 0.337 e. The lowest BCUT2D eigenvalue weighted by atomic mass is 10.0. The predicted octanol–water partition coefficient (Wildman–Crippen LogP) is 4.94. The van der Waals surface area contributed by atoms with Gasteiger partial charge in [0.2, 0.25) is 0 Å². The molecule has 2 heterocycles. The van der Waals surface area contributed by atoms with Crippen LogP contribution in [0.5, 0.6) is 0 Å². The Morgan fingerprint density at radius 2 is 1.82 bits per heavy atom. The van der Waals surface area contributed by atoms with E-state index in [0.717, 1.165) is 29.5 Å². The number of fused-ring (bicyclic) bond motifs is 1. The van der Waals surface area contributed by atoms with Gasteiger partial charge in [-0.15, -0.1) is 0 Å². The largest absolute Gasteiger partial charge is 0.478 e. The van der Waals surface area contributed by atoms with Crippen molar-refractivity contribution in [1.29, 1.82) is 0 Å². The van der Waals surface area contributed by atoms with Crippen LogP contribution in [0.25, 0.3) is 10.9 Å². The molecule has 0 spiro atoms. The zero-order valence-electron chi connectivity index (χ0n) is 15.8. The van der Waals surface area contributed by atoms with Crippen LogP contribution in [-0.2, 0) is 19.4 Å². The lowest BCUT2D eigenvalue weighted by molar-refractivity contribution is 0.0695. The quantitative estimate of drug-likeness (QED) is 0.523. The first-order valence-electron chi connectivity index (χ1n) is 9.47. The molecule has 0 aliphatic heterocycles. The number of carbonyl (C=O) groups is 1. The summed E-state index contributed by atoms with van der Waals surface area (Å²) in [5.74, 6) is -0.923. The number of aromatic carboxylic acids is 1. The Balaban J connectivity index is 1.62. The molecule has 0 aliphatic rings. The summed E-state index contributed by atoms with van der Waals surface area (Å²) >= 11 is 0. The summed E-state index contributed by atoms with van der Waals surface area (Å²) in [6.45, 7) is 2.82. The van der Waals surface area contributed by atoms with Crippen molar-refractivity contribution in [1.82, 2.24) is 9.55 Å². The van der Waals surface area contributed by atoms with Crippen LogP contribution in [0.2, 0.25) is 0 Å². The first-order valence-corrected chi connectivity index (χ1v) is 9.47. The van der Waals surface area contributed by atoms with E-state index < -0.39 is 5.97 Å². The molecule has 28 heavy (non-hydrogen) atoms. The molecular formula is C24H22N2O2. The van der Waals surface area contributed by atoms with E-state index in [4.69, 9.17) is 0 Å². The summed E-state index contributed by atoms with van der Waals surface area (Å²) < 4.78 is 2.23. The lowest BCUT2D eigenvalue weighted by Gasteiger charge is -2.09. The number of nitrogens with zero attached hydrogens (tertiary/aromatic N) is 2. The van der Waals surface area contributed by atoms with Gasteiger partial charge in [-0.2, -0.15) is 0 Å². The van der Waals surface area contributed by atoms with Gasteiger partial charge >= 0.3 is 5.97 Å². The van der Waals surface area contributed by atoms with Crippen molar-refractivity contribution in [3.63, 3.8) is 0 Å². The molecular weight excluding hydrogens is 348 g/mol. The fourth-order valence-corrected chi connectivity index (χ4v) is 3.53. The lowest BCUT2D eigenvalue weighted by Crippen LogP contribution is -2.07. The number of rotatable bonds is 6. The van der Waals surface area contributed by atoms with Crippen LogP contribution >= 0.6 is 0 Å². The van der Waals surface area contributed by atoms with Crippen LogP contribution in [-0.4, -0.2) is 20.6 Å². The highest BCUT2D eigenvalue weighted by atomic mass is 16.4. The number of benzene rings is 2. The van der Waals surface area contributed by atoms with Crippen LogP contribution < -0.4 is 0 Å². The normalized spacial score (nSPS) is 11.0. The van der Waals surface area contributed by atoms with Crippen LogP contribution in [0.1, 0.15) is 39.7 Å². The molecule has 0 aliphatic carbocycles. The maximum absolute atomic E-state index is 11.6. The van der Waals surface area contributed by atoms with Gasteiger partial charge in [-0.1, -0.05) is 43.3 Å². The number of hydrogen-bond acceptors (Lipinski definition) is 2. The van der Waals surface area contributed by atoms with Gasteiger partial charge in [-0.05, 0) is 52.8 Å². The molecule has 0 saturated heterocycles. The zero-order chi connectivity index (χ0) is 19.5. The second-order valence-corrected chi connectivity index (χ2v) is 7.00. The topological polar surface area (TPSA) is 55.1 Å². The molecule has 0 atom stereocenters. The molecule has 0 bridgehead atoms. The smallest absolute Gasteiger partial charge is 0.337 e. The van der Waals surface area contributed by atoms with Crippen molar-refractivity contribution < 1.29 is 9.90 Å². The third kappa shape index (κ3) is 3.67. The zero-order valence-corrected chi connectivity index (χ0v) is 15.8. The van der Waals surface area contributed by atoms with Gasteiger partial charge in [0.25, 0.3) is 0 Å². The Kier molecular flexibility index (Phi) is 4.94. The molecule has 4 nitrogen and oxygen atoms in total. The monoisotopic (exact) mass is 370 g/mol. The fraction of sp³-hybridized carbons (Fsp3) is 0.167. The second-order valence-electron chi connectivity index (χ2n) is 7.00. The maximum atomic E-state index is 11.6. The van der Waals surface area contributed by atoms with Crippen molar-refractivity contribution in [2.45, 2.75) is 26.3 Å². The summed E-state index contributed by atoms with van der Waals surface area (Å²) in [6, 6.07) is 20.5. The third-order valence-electron chi connectivity index (χ3n) is 5.07. The number of pyridine rings is 1. The van der Waals surface area contributed by atoms with E-state index >= 15 is 0 Å². The highest BCUT2D eigenvalue weighted by molar-refractivity contribution is 5.89. The SMILES string of the molecule is CCc1cnc(Cc2ccc3c(ccn3Cc3ccccc3)c2)c(C(=O)O)c1. The summed E-state index contributed by atoms with van der Waals surface area (Å²) in [7, 11) is 0. The van der Waals surface area contributed by atoms with E-state index in [0.29, 0.717) is 17.7 Å². The molecule has 0 saturated carbocycles. The van der Waals surface area contributed by atoms with E-state index in [1.54, 1.807) is 12.3 Å². The molecule has 1 N–H and O–H groups in total. The van der Waals surface area contributed by atoms with Crippen LogP contribution in [0, 0.1) is 0 Å². The molecule has 4 aromatic rings. The standard InChI is InChI=1S/C24H22N2O2/c1-2-17-13-21(24(27)28)22(25-15-17)14-19-8-9-23-20(12-19)10-11-26(23)16-18-6-4-3-5-7-18/h3-13,15H,2,14,16H2,1H3,(H,27,28). The summed E-state index contributed by atoms with van der Waals surface area (Å²) in [6.07, 6.45) is 5.15. The van der Waals surface area contributed by atoms with Gasteiger partial charge < -0.3 is 9.67 Å². The Bertz CT molecular complexity index is 1130. The number of aryl methyl sites for hydroxylation is 1. The highest BCUT2D eigenvalue weighted by Crippen LogP contribution is 2.22. The average Bonchev–Trinajstić information content (AvgIpc) is 3.11. The number of carboxylic acid groups (broad SMARTS) is 1. The number of hydrogen-bond donors (Lipinski definition) is 1. The summed E-state index contributed by atoms with van der Waals surface area (Å²) in [5.41, 5.74) is 5.32. The van der Waals surface area contributed by atoms with E-state index in [1.165, 1.54) is 11.1 Å². The van der Waals surface area contributed by atoms with E-state index in [2.05, 4.69) is 64.3 Å². The molecule has 4 rings (SSSR count). The third-order valence-corrected chi connectivity index (χ3v) is 5.07. The molecule has 0 unspecified atom stereocenters. The van der Waals surface area contributed by atoms with Crippen LogP contribution in [0.4, 0.5) is 0 Å². The van der Waals surface area contributed by atoms with E-state index in [-0.39, 0.29) is 0 Å². The first-order chi connectivity index (χ1) is 13.6. The molecule has 0 amide bonds. The molecule has 2 aromatic carbocycles. The van der Waals surface area contributed by atoms with Crippen LogP contribution in [0.15, 0.2) is 73.1 Å². The van der Waals surface area contributed by atoms with Gasteiger partial charge in [0.15, 0.2) is 0 Å². The van der Waals surface area contributed by atoms with Crippen molar-refractivity contribution in [3.05, 3.63) is 101 Å². The minimum absolute atomic E-state index is 0.293. The minimum atomic E-state index is -0.923. The van der Waals surface area contributed by atoms with Gasteiger partial charge in [0, 0.05) is 30.9 Å². The van der Waals surface area contributed by atoms with Crippen molar-refractivity contribution in [2.75, 3.05) is 0 Å². The first kappa shape index (κ1) is 18.0. The second kappa shape index (κ2) is 7.69. The van der Waals surface area contributed by atoms with Crippen molar-refractivity contribution >= 4 is 16.9 Å². The highest BCUT2D eigenvalue weighted by Gasteiger charge is 2.13. The molecule has 140 valence electrons. The van der Waals surface area contributed by atoms with Crippen molar-refractivity contribution in [2.24, 2.45) is 0 Å². The molecule has 0 fully saturated rings. The Morgan fingerprint density at radius 3 is 2.57 bits per heavy atom. The minimum Gasteiger partial charge on any atom is -0.478 e. The summed E-state index contributed by atoms with van der Waals surface area (Å²) in [4.78, 5) is 16.0. The predicted molar refractivity (Wildman–Crippen MR) is 111 cm³/mol. The van der Waals surface area contributed by atoms with Gasteiger partial charge in [-0.25, -0.2) is 4.79 Å². The fourth-order valence-electron chi connectivity index (χ4n) is 3.53. The molecule has 4 heteroatoms. The Hall–Kier alpha value is -3.40.